The van der Waals surface area contributed by atoms with Crippen molar-refractivity contribution < 1.29 is 9.90 Å². The van der Waals surface area contributed by atoms with E-state index in [-0.39, 0.29) is 5.75 Å². The number of aromatic nitrogens is 1. The molecule has 0 saturated carbocycles. The van der Waals surface area contributed by atoms with Crippen LogP contribution < -0.4 is 0 Å². The van der Waals surface area contributed by atoms with Crippen molar-refractivity contribution in [3.05, 3.63) is 48.2 Å². The highest BCUT2D eigenvalue weighted by molar-refractivity contribution is 5.78. The monoisotopic (exact) mass is 199 g/mol. The van der Waals surface area contributed by atoms with Gasteiger partial charge in [0.05, 0.1) is 11.9 Å². The Balaban J connectivity index is 2.44. The van der Waals surface area contributed by atoms with Gasteiger partial charge in [-0.1, -0.05) is 18.2 Å². The van der Waals surface area contributed by atoms with Crippen molar-refractivity contribution in [2.45, 2.75) is 0 Å². The first kappa shape index (κ1) is 9.40. The number of rotatable bonds is 2. The maximum Gasteiger partial charge on any atom is 0.150 e. The molecule has 3 nitrogen and oxygen atoms in total. The van der Waals surface area contributed by atoms with Gasteiger partial charge < -0.3 is 5.11 Å². The van der Waals surface area contributed by atoms with Crippen LogP contribution in [0.3, 0.4) is 0 Å². The second-order valence-corrected chi connectivity index (χ2v) is 3.14. The third kappa shape index (κ3) is 2.02. The molecular formula is C12H9NO2. The number of carbonyl (C=O) groups excluding carboxylic acids is 1. The molecule has 0 fully saturated rings. The molecule has 1 aromatic carbocycles. The van der Waals surface area contributed by atoms with E-state index in [1.165, 1.54) is 6.20 Å². The number of aldehydes is 1. The highest BCUT2D eigenvalue weighted by Crippen LogP contribution is 2.19. The molecule has 0 saturated heterocycles. The fourth-order valence-corrected chi connectivity index (χ4v) is 1.33. The summed E-state index contributed by atoms with van der Waals surface area (Å²) < 4.78 is 0. The SMILES string of the molecule is O=Cc1cccc(-c2ccc(O)cn2)c1. The summed E-state index contributed by atoms with van der Waals surface area (Å²) in [6.45, 7) is 0. The van der Waals surface area contributed by atoms with E-state index >= 15 is 0 Å². The molecule has 1 heterocycles. The Bertz CT molecular complexity index is 477. The van der Waals surface area contributed by atoms with Gasteiger partial charge in [-0.05, 0) is 18.2 Å². The molecule has 0 aliphatic heterocycles. The third-order valence-corrected chi connectivity index (χ3v) is 2.07. The van der Waals surface area contributed by atoms with Crippen molar-refractivity contribution in [1.82, 2.24) is 4.98 Å². The molecule has 2 rings (SSSR count). The van der Waals surface area contributed by atoms with Crippen molar-refractivity contribution in [2.24, 2.45) is 0 Å². The molecule has 0 bridgehead atoms. The largest absolute Gasteiger partial charge is 0.506 e. The molecule has 1 aromatic heterocycles. The Kier molecular flexibility index (Phi) is 2.46. The molecule has 0 radical (unpaired) electrons. The fourth-order valence-electron chi connectivity index (χ4n) is 1.33. The van der Waals surface area contributed by atoms with Gasteiger partial charge in [-0.15, -0.1) is 0 Å². The predicted molar refractivity (Wildman–Crippen MR) is 56.7 cm³/mol. The van der Waals surface area contributed by atoms with E-state index in [0.29, 0.717) is 5.56 Å². The first-order chi connectivity index (χ1) is 7.29. The number of hydrogen-bond donors (Lipinski definition) is 1. The predicted octanol–water partition coefficient (Wildman–Crippen LogP) is 2.27. The number of aromatic hydroxyl groups is 1. The third-order valence-electron chi connectivity index (χ3n) is 2.07. The van der Waals surface area contributed by atoms with E-state index < -0.39 is 0 Å². The van der Waals surface area contributed by atoms with Crippen LogP contribution in [0, 0.1) is 0 Å². The molecule has 0 aliphatic rings. The topological polar surface area (TPSA) is 50.2 Å². The molecule has 0 spiro atoms. The Morgan fingerprint density at radius 2 is 2.07 bits per heavy atom. The van der Waals surface area contributed by atoms with Gasteiger partial charge in [-0.25, -0.2) is 0 Å². The summed E-state index contributed by atoms with van der Waals surface area (Å²) in [7, 11) is 0. The summed E-state index contributed by atoms with van der Waals surface area (Å²) in [5.74, 6) is 0.130. The molecule has 15 heavy (non-hydrogen) atoms. The molecule has 2 aromatic rings. The zero-order chi connectivity index (χ0) is 10.7. The average Bonchev–Trinajstić information content (AvgIpc) is 2.30. The standard InChI is InChI=1S/C12H9NO2/c14-8-9-2-1-3-10(6-9)12-5-4-11(15)7-13-12/h1-8,15H. The van der Waals surface area contributed by atoms with E-state index in [1.54, 1.807) is 30.3 Å². The molecule has 0 atom stereocenters. The number of hydrogen-bond acceptors (Lipinski definition) is 3. The molecular weight excluding hydrogens is 190 g/mol. The van der Waals surface area contributed by atoms with Gasteiger partial charge in [-0.3, -0.25) is 9.78 Å². The molecule has 74 valence electrons. The van der Waals surface area contributed by atoms with Crippen molar-refractivity contribution in [2.75, 3.05) is 0 Å². The van der Waals surface area contributed by atoms with E-state index in [2.05, 4.69) is 4.98 Å². The molecule has 1 N–H and O–H groups in total. The minimum absolute atomic E-state index is 0.130. The summed E-state index contributed by atoms with van der Waals surface area (Å²) >= 11 is 0. The minimum Gasteiger partial charge on any atom is -0.506 e. The summed E-state index contributed by atoms with van der Waals surface area (Å²) in [5, 5.41) is 9.09. The number of benzene rings is 1. The van der Waals surface area contributed by atoms with Gasteiger partial charge in [0.2, 0.25) is 0 Å². The normalized spacial score (nSPS) is 9.87. The highest BCUT2D eigenvalue weighted by atomic mass is 16.3. The van der Waals surface area contributed by atoms with Gasteiger partial charge in [0, 0.05) is 11.1 Å². The second-order valence-electron chi connectivity index (χ2n) is 3.14. The van der Waals surface area contributed by atoms with E-state index in [4.69, 9.17) is 5.11 Å². The quantitative estimate of drug-likeness (QED) is 0.755. The first-order valence-electron chi connectivity index (χ1n) is 4.50. The lowest BCUT2D eigenvalue weighted by Gasteiger charge is -2.01. The molecule has 0 unspecified atom stereocenters. The first-order valence-corrected chi connectivity index (χ1v) is 4.50. The van der Waals surface area contributed by atoms with Crippen LogP contribution in [-0.2, 0) is 0 Å². The summed E-state index contributed by atoms with van der Waals surface area (Å²) in [4.78, 5) is 14.6. The summed E-state index contributed by atoms with van der Waals surface area (Å²) in [6, 6.07) is 10.4. The van der Waals surface area contributed by atoms with E-state index in [1.807, 2.05) is 6.07 Å². The average molecular weight is 199 g/mol. The van der Waals surface area contributed by atoms with Crippen LogP contribution >= 0.6 is 0 Å². The van der Waals surface area contributed by atoms with Crippen LogP contribution in [-0.4, -0.2) is 16.4 Å². The minimum atomic E-state index is 0.130. The van der Waals surface area contributed by atoms with Crippen LogP contribution in [0.4, 0.5) is 0 Å². The Morgan fingerprint density at radius 1 is 1.20 bits per heavy atom. The smallest absolute Gasteiger partial charge is 0.150 e. The van der Waals surface area contributed by atoms with Crippen molar-refractivity contribution in [1.29, 1.82) is 0 Å². The van der Waals surface area contributed by atoms with Gasteiger partial charge in [0.25, 0.3) is 0 Å². The van der Waals surface area contributed by atoms with Crippen molar-refractivity contribution >= 4 is 6.29 Å². The van der Waals surface area contributed by atoms with Crippen LogP contribution in [0.5, 0.6) is 5.75 Å². The van der Waals surface area contributed by atoms with Gasteiger partial charge >= 0.3 is 0 Å². The lowest BCUT2D eigenvalue weighted by molar-refractivity contribution is 0.112. The van der Waals surface area contributed by atoms with Crippen LogP contribution in [0.1, 0.15) is 10.4 Å². The maximum atomic E-state index is 10.6. The van der Waals surface area contributed by atoms with Crippen LogP contribution in [0.15, 0.2) is 42.6 Å². The van der Waals surface area contributed by atoms with Gasteiger partial charge in [-0.2, -0.15) is 0 Å². The van der Waals surface area contributed by atoms with E-state index in [0.717, 1.165) is 17.5 Å². The molecule has 3 heteroatoms. The lowest BCUT2D eigenvalue weighted by atomic mass is 10.1. The number of carbonyl (C=O) groups is 1. The summed E-state index contributed by atoms with van der Waals surface area (Å²) in [5.41, 5.74) is 2.21. The number of pyridine rings is 1. The molecule has 0 aliphatic carbocycles. The van der Waals surface area contributed by atoms with Crippen LogP contribution in [0.25, 0.3) is 11.3 Å². The zero-order valence-corrected chi connectivity index (χ0v) is 7.92. The van der Waals surface area contributed by atoms with Gasteiger partial charge in [0.1, 0.15) is 12.0 Å². The Labute approximate surface area is 87.0 Å². The fraction of sp³-hybridized carbons (Fsp3) is 0. The highest BCUT2D eigenvalue weighted by Gasteiger charge is 1.99. The van der Waals surface area contributed by atoms with Crippen molar-refractivity contribution in [3.8, 4) is 17.0 Å². The van der Waals surface area contributed by atoms with E-state index in [9.17, 15) is 4.79 Å². The Hall–Kier alpha value is -2.16. The number of nitrogens with zero attached hydrogens (tertiary/aromatic N) is 1. The molecule has 0 amide bonds. The second kappa shape index (κ2) is 3.92. The lowest BCUT2D eigenvalue weighted by Crippen LogP contribution is -1.85. The Morgan fingerprint density at radius 3 is 2.73 bits per heavy atom. The summed E-state index contributed by atoms with van der Waals surface area (Å²) in [6.07, 6.45) is 2.17. The zero-order valence-electron chi connectivity index (χ0n) is 7.92. The maximum absolute atomic E-state index is 10.6. The van der Waals surface area contributed by atoms with Gasteiger partial charge in [0.15, 0.2) is 0 Å². The van der Waals surface area contributed by atoms with Crippen LogP contribution in [0.2, 0.25) is 0 Å². The van der Waals surface area contributed by atoms with Crippen molar-refractivity contribution in [3.63, 3.8) is 0 Å².